The summed E-state index contributed by atoms with van der Waals surface area (Å²) in [6.07, 6.45) is -3.99. The van der Waals surface area contributed by atoms with Gasteiger partial charge in [-0.15, -0.1) is 0 Å². The molecule has 0 aromatic carbocycles. The summed E-state index contributed by atoms with van der Waals surface area (Å²) in [6.45, 7) is -0.500. The summed E-state index contributed by atoms with van der Waals surface area (Å²) < 4.78 is 5.93. The zero-order valence-electron chi connectivity index (χ0n) is 8.55. The second kappa shape index (κ2) is 4.37. The van der Waals surface area contributed by atoms with Crippen LogP contribution >= 0.6 is 0 Å². The van der Waals surface area contributed by atoms with Crippen molar-refractivity contribution in [2.24, 2.45) is 0 Å². The van der Waals surface area contributed by atoms with Crippen LogP contribution in [0.2, 0.25) is 0 Å². The van der Waals surface area contributed by atoms with Crippen LogP contribution in [-0.2, 0) is 4.74 Å². The van der Waals surface area contributed by atoms with Crippen LogP contribution in [-0.4, -0.2) is 54.8 Å². The minimum absolute atomic E-state index is 0.500. The van der Waals surface area contributed by atoms with Crippen molar-refractivity contribution in [1.29, 1.82) is 0 Å². The molecule has 9 nitrogen and oxygen atoms in total. The number of nitrogens with zero attached hydrogens (tertiary/aromatic N) is 2. The quantitative estimate of drug-likeness (QED) is 0.425. The van der Waals surface area contributed by atoms with Gasteiger partial charge < -0.3 is 20.1 Å². The molecule has 9 heteroatoms. The zero-order chi connectivity index (χ0) is 12.6. The van der Waals surface area contributed by atoms with Gasteiger partial charge in [0.1, 0.15) is 24.6 Å². The Morgan fingerprint density at radius 2 is 2.12 bits per heavy atom. The minimum Gasteiger partial charge on any atom is -0.394 e. The molecule has 2 rings (SSSR count). The van der Waals surface area contributed by atoms with Crippen molar-refractivity contribution in [1.82, 2.24) is 14.5 Å². The molecule has 1 fully saturated rings. The molecule has 0 amide bonds. The maximum atomic E-state index is 11.4. The Balaban J connectivity index is 2.35. The van der Waals surface area contributed by atoms with Crippen molar-refractivity contribution in [2.45, 2.75) is 24.5 Å². The van der Waals surface area contributed by atoms with Crippen LogP contribution in [0.3, 0.4) is 0 Å². The molecule has 2 heterocycles. The summed E-state index contributed by atoms with van der Waals surface area (Å²) in [5, 5.41) is 28.0. The third kappa shape index (κ3) is 2.00. The first-order valence-corrected chi connectivity index (χ1v) is 4.84. The van der Waals surface area contributed by atoms with E-state index in [4.69, 9.17) is 9.84 Å². The molecule has 4 atom stereocenters. The molecule has 1 aromatic rings. The highest BCUT2D eigenvalue weighted by molar-refractivity contribution is 4.89. The van der Waals surface area contributed by atoms with E-state index in [0.29, 0.717) is 0 Å². The fraction of sp³-hybridized carbons (Fsp3) is 0.625. The lowest BCUT2D eigenvalue weighted by atomic mass is 10.1. The lowest BCUT2D eigenvalue weighted by molar-refractivity contribution is -0.0555. The number of aromatic nitrogens is 3. The second-order valence-corrected chi connectivity index (χ2v) is 3.62. The maximum Gasteiger partial charge on any atom is 0.350 e. The topological polar surface area (TPSA) is 138 Å². The Bertz CT molecular complexity index is 510. The second-order valence-electron chi connectivity index (χ2n) is 3.62. The molecule has 1 aliphatic rings. The van der Waals surface area contributed by atoms with Crippen molar-refractivity contribution in [3.63, 3.8) is 0 Å². The SMILES string of the molecule is O=c1ncn([C@@H]2O[C@H](CO)C(O)C2O)c(=O)[nH]1. The average Bonchev–Trinajstić information content (AvgIpc) is 2.57. The summed E-state index contributed by atoms with van der Waals surface area (Å²) in [4.78, 5) is 27.4. The lowest BCUT2D eigenvalue weighted by Gasteiger charge is -2.15. The maximum absolute atomic E-state index is 11.4. The van der Waals surface area contributed by atoms with Crippen molar-refractivity contribution in [3.05, 3.63) is 27.3 Å². The van der Waals surface area contributed by atoms with E-state index in [2.05, 4.69) is 4.98 Å². The number of aliphatic hydroxyl groups excluding tert-OH is 3. The fourth-order valence-corrected chi connectivity index (χ4v) is 1.65. The Kier molecular flexibility index (Phi) is 3.07. The number of rotatable bonds is 2. The third-order valence-electron chi connectivity index (χ3n) is 2.54. The number of aliphatic hydroxyl groups is 3. The normalized spacial score (nSPS) is 32.9. The largest absolute Gasteiger partial charge is 0.394 e. The van der Waals surface area contributed by atoms with Gasteiger partial charge in [-0.3, -0.25) is 9.55 Å². The number of ether oxygens (including phenoxy) is 1. The lowest BCUT2D eigenvalue weighted by Crippen LogP contribution is -2.38. The van der Waals surface area contributed by atoms with E-state index in [9.17, 15) is 19.8 Å². The molecule has 0 aliphatic carbocycles. The van der Waals surface area contributed by atoms with E-state index in [1.165, 1.54) is 0 Å². The summed E-state index contributed by atoms with van der Waals surface area (Å²) in [7, 11) is 0. The molecule has 0 saturated carbocycles. The zero-order valence-corrected chi connectivity index (χ0v) is 8.55. The number of nitrogens with one attached hydrogen (secondary N) is 1. The summed E-state index contributed by atoms with van der Waals surface area (Å²) in [6, 6.07) is 0. The van der Waals surface area contributed by atoms with Crippen LogP contribution in [0.4, 0.5) is 0 Å². The Hall–Kier alpha value is -1.55. The fourth-order valence-electron chi connectivity index (χ4n) is 1.65. The van der Waals surface area contributed by atoms with Gasteiger partial charge in [0.05, 0.1) is 6.61 Å². The molecule has 0 bridgehead atoms. The van der Waals surface area contributed by atoms with E-state index in [0.717, 1.165) is 10.9 Å². The van der Waals surface area contributed by atoms with Crippen LogP contribution in [0.15, 0.2) is 15.9 Å². The molecule has 0 radical (unpaired) electrons. The van der Waals surface area contributed by atoms with Gasteiger partial charge in [0.2, 0.25) is 0 Å². The number of hydrogen-bond donors (Lipinski definition) is 4. The summed E-state index contributed by atoms with van der Waals surface area (Å²) >= 11 is 0. The number of aromatic amines is 1. The van der Waals surface area contributed by atoms with Gasteiger partial charge in [-0.2, -0.15) is 4.98 Å². The van der Waals surface area contributed by atoms with Crippen LogP contribution in [0.1, 0.15) is 6.23 Å². The summed E-state index contributed by atoms with van der Waals surface area (Å²) in [5.41, 5.74) is -1.64. The van der Waals surface area contributed by atoms with Crippen LogP contribution in [0.25, 0.3) is 0 Å². The molecular formula is C8H11N3O6. The van der Waals surface area contributed by atoms with Gasteiger partial charge in [-0.25, -0.2) is 9.59 Å². The average molecular weight is 245 g/mol. The van der Waals surface area contributed by atoms with Crippen molar-refractivity contribution >= 4 is 0 Å². The van der Waals surface area contributed by atoms with E-state index in [-0.39, 0.29) is 0 Å². The minimum atomic E-state index is -1.39. The Morgan fingerprint density at radius 3 is 2.65 bits per heavy atom. The molecule has 1 aliphatic heterocycles. The predicted octanol–water partition coefficient (Wildman–Crippen LogP) is -3.46. The predicted molar refractivity (Wildman–Crippen MR) is 52.1 cm³/mol. The molecule has 4 N–H and O–H groups in total. The van der Waals surface area contributed by atoms with Crippen LogP contribution < -0.4 is 11.4 Å². The standard InChI is InChI=1S/C8H11N3O6/c12-1-3-4(13)5(14)6(17-3)11-2-9-7(15)10-8(11)16/h2-6,12-14H,1H2,(H,10,15,16)/t3-,4?,5?,6-/m1/s1. The highest BCUT2D eigenvalue weighted by Gasteiger charge is 2.43. The van der Waals surface area contributed by atoms with Crippen molar-refractivity contribution in [2.75, 3.05) is 6.61 Å². The van der Waals surface area contributed by atoms with Gasteiger partial charge in [-0.1, -0.05) is 0 Å². The molecule has 2 unspecified atom stereocenters. The molecule has 17 heavy (non-hydrogen) atoms. The van der Waals surface area contributed by atoms with Gasteiger partial charge in [-0.05, 0) is 0 Å². The monoisotopic (exact) mass is 245 g/mol. The van der Waals surface area contributed by atoms with Crippen LogP contribution in [0, 0.1) is 0 Å². The smallest absolute Gasteiger partial charge is 0.350 e. The van der Waals surface area contributed by atoms with E-state index < -0.39 is 42.5 Å². The van der Waals surface area contributed by atoms with Gasteiger partial charge in [0, 0.05) is 0 Å². The Morgan fingerprint density at radius 1 is 1.41 bits per heavy atom. The number of hydrogen-bond acceptors (Lipinski definition) is 7. The third-order valence-corrected chi connectivity index (χ3v) is 2.54. The highest BCUT2D eigenvalue weighted by atomic mass is 16.6. The first kappa shape index (κ1) is 11.9. The van der Waals surface area contributed by atoms with Gasteiger partial charge in [0.25, 0.3) is 0 Å². The Labute approximate surface area is 93.9 Å². The summed E-state index contributed by atoms with van der Waals surface area (Å²) in [5.74, 6) is 0. The number of H-pyrrole nitrogens is 1. The van der Waals surface area contributed by atoms with E-state index in [1.807, 2.05) is 4.98 Å². The van der Waals surface area contributed by atoms with Crippen molar-refractivity contribution < 1.29 is 20.1 Å². The van der Waals surface area contributed by atoms with Crippen LogP contribution in [0.5, 0.6) is 0 Å². The van der Waals surface area contributed by atoms with E-state index in [1.54, 1.807) is 0 Å². The molecule has 0 spiro atoms. The molecule has 94 valence electrons. The first-order chi connectivity index (χ1) is 8.04. The van der Waals surface area contributed by atoms with Gasteiger partial charge >= 0.3 is 11.4 Å². The molecule has 1 saturated heterocycles. The first-order valence-electron chi connectivity index (χ1n) is 4.84. The molecule has 1 aromatic heterocycles. The highest BCUT2D eigenvalue weighted by Crippen LogP contribution is 2.27. The molecular weight excluding hydrogens is 234 g/mol. The van der Waals surface area contributed by atoms with E-state index >= 15 is 0 Å². The van der Waals surface area contributed by atoms with Crippen molar-refractivity contribution in [3.8, 4) is 0 Å². The van der Waals surface area contributed by atoms with Gasteiger partial charge in [0.15, 0.2) is 6.23 Å².